The second-order valence-electron chi connectivity index (χ2n) is 24.9. The lowest BCUT2D eigenvalue weighted by Gasteiger charge is -2.20. The third kappa shape index (κ3) is 63.8. The average molecular weight is 1100 g/mol. The predicted octanol–water partition coefficient (Wildman–Crippen LogP) is 23.1. The van der Waals surface area contributed by atoms with Gasteiger partial charge in [-0.2, -0.15) is 0 Å². The Balaban J connectivity index is 3.29. The van der Waals surface area contributed by atoms with Gasteiger partial charge >= 0.3 is 5.97 Å². The van der Waals surface area contributed by atoms with Gasteiger partial charge in [-0.25, -0.2) is 0 Å². The van der Waals surface area contributed by atoms with Crippen molar-refractivity contribution in [2.75, 3.05) is 13.2 Å². The van der Waals surface area contributed by atoms with Crippen molar-refractivity contribution in [3.8, 4) is 0 Å². The molecule has 0 saturated carbocycles. The SMILES string of the molecule is CCCCCCCCCCCCC/C=C/C(O)C(CO)NC(=O)CCCCCCCCCCCCCCCCCCCCCCCCCCCCCCCCCCCCCCCOC(=O)CCCCCCCCCCCCC. The molecule has 0 spiro atoms. The average Bonchev–Trinajstić information content (AvgIpc) is 3.44. The molecule has 0 aliphatic rings. The topological polar surface area (TPSA) is 95.9 Å². The molecule has 464 valence electrons. The summed E-state index contributed by atoms with van der Waals surface area (Å²) < 4.78 is 5.48. The van der Waals surface area contributed by atoms with E-state index < -0.39 is 12.1 Å². The standard InChI is InChI=1S/C72H141NO5/c1-3-5-7-9-11-13-15-41-45-48-52-56-60-64-70(75)69(68-74)73-71(76)65-61-57-53-49-46-42-39-37-35-33-31-29-27-25-23-21-19-17-16-18-20-22-24-26-28-30-32-34-36-38-40-43-47-51-55-59-63-67-78-72(77)66-62-58-54-50-44-14-12-10-8-6-4-2/h60,64,69-70,74-75H,3-59,61-63,65-68H2,1-2H3,(H,73,76)/b64-60+. The minimum absolute atomic E-state index is 0.0235. The smallest absolute Gasteiger partial charge is 0.305 e. The number of allylic oxidation sites excluding steroid dienone is 1. The first kappa shape index (κ1) is 76.6. The van der Waals surface area contributed by atoms with Gasteiger partial charge in [0.25, 0.3) is 0 Å². The summed E-state index contributed by atoms with van der Waals surface area (Å²) in [5, 5.41) is 23.1. The zero-order valence-electron chi connectivity index (χ0n) is 53.2. The number of carbonyl (C=O) groups is 2. The number of unbranched alkanes of at least 4 members (excludes halogenated alkanes) is 57. The highest BCUT2D eigenvalue weighted by molar-refractivity contribution is 5.76. The fraction of sp³-hybridized carbons (Fsp3) is 0.944. The lowest BCUT2D eigenvalue weighted by atomic mass is 10.0. The summed E-state index contributed by atoms with van der Waals surface area (Å²) in [5.74, 6) is -0.0366. The molecule has 0 aromatic heterocycles. The highest BCUT2D eigenvalue weighted by atomic mass is 16.5. The monoisotopic (exact) mass is 1100 g/mol. The Morgan fingerprint density at radius 3 is 0.872 bits per heavy atom. The molecular weight excluding hydrogens is 959 g/mol. The number of amides is 1. The third-order valence-electron chi connectivity index (χ3n) is 17.1. The fourth-order valence-electron chi connectivity index (χ4n) is 11.6. The van der Waals surface area contributed by atoms with Crippen molar-refractivity contribution < 1.29 is 24.5 Å². The predicted molar refractivity (Wildman–Crippen MR) is 343 cm³/mol. The zero-order chi connectivity index (χ0) is 56.4. The van der Waals surface area contributed by atoms with Crippen LogP contribution >= 0.6 is 0 Å². The Hall–Kier alpha value is -1.40. The van der Waals surface area contributed by atoms with Crippen LogP contribution in [0.4, 0.5) is 0 Å². The second kappa shape index (κ2) is 68.1. The summed E-state index contributed by atoms with van der Waals surface area (Å²) in [7, 11) is 0. The summed E-state index contributed by atoms with van der Waals surface area (Å²) in [5.41, 5.74) is 0. The molecule has 0 fully saturated rings. The number of esters is 1. The normalized spacial score (nSPS) is 12.5. The highest BCUT2D eigenvalue weighted by Crippen LogP contribution is 2.19. The first-order valence-electron chi connectivity index (χ1n) is 36.0. The van der Waals surface area contributed by atoms with E-state index in [1.807, 2.05) is 6.08 Å². The number of carbonyl (C=O) groups excluding carboxylic acids is 2. The van der Waals surface area contributed by atoms with Gasteiger partial charge in [-0.1, -0.05) is 379 Å². The zero-order valence-corrected chi connectivity index (χ0v) is 53.2. The van der Waals surface area contributed by atoms with Gasteiger partial charge < -0.3 is 20.3 Å². The van der Waals surface area contributed by atoms with Crippen molar-refractivity contribution in [1.82, 2.24) is 5.32 Å². The maximum Gasteiger partial charge on any atom is 0.305 e. The van der Waals surface area contributed by atoms with Crippen molar-refractivity contribution in [1.29, 1.82) is 0 Å². The lowest BCUT2D eigenvalue weighted by molar-refractivity contribution is -0.143. The molecular formula is C72H141NO5. The van der Waals surface area contributed by atoms with Gasteiger partial charge in [0.15, 0.2) is 0 Å². The molecule has 0 aromatic carbocycles. The molecule has 3 N–H and O–H groups in total. The van der Waals surface area contributed by atoms with Gasteiger partial charge in [-0.15, -0.1) is 0 Å². The molecule has 0 aromatic rings. The molecule has 0 radical (unpaired) electrons. The number of rotatable bonds is 68. The first-order chi connectivity index (χ1) is 38.5. The van der Waals surface area contributed by atoms with Crippen LogP contribution in [0.25, 0.3) is 0 Å². The van der Waals surface area contributed by atoms with Crippen LogP contribution in [0.1, 0.15) is 412 Å². The summed E-state index contributed by atoms with van der Waals surface area (Å²) in [6, 6.07) is -0.622. The molecule has 2 unspecified atom stereocenters. The maximum absolute atomic E-state index is 12.5. The molecule has 1 amide bonds. The lowest BCUT2D eigenvalue weighted by Crippen LogP contribution is -2.45. The van der Waals surface area contributed by atoms with Crippen LogP contribution in [0.2, 0.25) is 0 Å². The van der Waals surface area contributed by atoms with Crippen LogP contribution in [0.5, 0.6) is 0 Å². The minimum Gasteiger partial charge on any atom is -0.466 e. The van der Waals surface area contributed by atoms with Crippen molar-refractivity contribution in [2.24, 2.45) is 0 Å². The number of aliphatic hydroxyl groups is 2. The van der Waals surface area contributed by atoms with E-state index in [1.54, 1.807) is 6.08 Å². The third-order valence-corrected chi connectivity index (χ3v) is 17.1. The highest BCUT2D eigenvalue weighted by Gasteiger charge is 2.18. The van der Waals surface area contributed by atoms with E-state index >= 15 is 0 Å². The van der Waals surface area contributed by atoms with Crippen LogP contribution in [-0.4, -0.2) is 47.4 Å². The molecule has 78 heavy (non-hydrogen) atoms. The van der Waals surface area contributed by atoms with E-state index in [2.05, 4.69) is 19.2 Å². The van der Waals surface area contributed by atoms with Gasteiger partial charge in [0, 0.05) is 12.8 Å². The molecule has 0 saturated heterocycles. The van der Waals surface area contributed by atoms with Crippen molar-refractivity contribution in [3.63, 3.8) is 0 Å². The molecule has 6 heteroatoms. The van der Waals surface area contributed by atoms with Crippen LogP contribution in [-0.2, 0) is 14.3 Å². The van der Waals surface area contributed by atoms with Crippen molar-refractivity contribution in [3.05, 3.63) is 12.2 Å². The second-order valence-corrected chi connectivity index (χ2v) is 24.9. The Morgan fingerprint density at radius 2 is 0.590 bits per heavy atom. The summed E-state index contributed by atoms with van der Waals surface area (Å²) in [6.07, 6.45) is 84.6. The summed E-state index contributed by atoms with van der Waals surface area (Å²) >= 11 is 0. The van der Waals surface area contributed by atoms with E-state index in [0.29, 0.717) is 19.4 Å². The van der Waals surface area contributed by atoms with Crippen LogP contribution in [0, 0.1) is 0 Å². The molecule has 0 bridgehead atoms. The molecule has 0 aliphatic heterocycles. The van der Waals surface area contributed by atoms with Gasteiger partial charge in [-0.3, -0.25) is 9.59 Å². The van der Waals surface area contributed by atoms with Crippen LogP contribution < -0.4 is 5.32 Å². The quantitative estimate of drug-likeness (QED) is 0.0320. The number of nitrogens with one attached hydrogen (secondary N) is 1. The molecule has 6 nitrogen and oxygen atoms in total. The van der Waals surface area contributed by atoms with E-state index in [-0.39, 0.29) is 18.5 Å². The van der Waals surface area contributed by atoms with E-state index in [4.69, 9.17) is 4.74 Å². The fourth-order valence-corrected chi connectivity index (χ4v) is 11.6. The van der Waals surface area contributed by atoms with Crippen LogP contribution in [0.3, 0.4) is 0 Å². The van der Waals surface area contributed by atoms with E-state index in [0.717, 1.165) is 38.5 Å². The number of hydrogen-bond acceptors (Lipinski definition) is 5. The van der Waals surface area contributed by atoms with E-state index in [1.165, 1.54) is 347 Å². The number of hydrogen-bond donors (Lipinski definition) is 3. The van der Waals surface area contributed by atoms with Gasteiger partial charge in [0.2, 0.25) is 5.91 Å². The largest absolute Gasteiger partial charge is 0.466 e. The van der Waals surface area contributed by atoms with Crippen LogP contribution in [0.15, 0.2) is 12.2 Å². The molecule has 2 atom stereocenters. The van der Waals surface area contributed by atoms with E-state index in [9.17, 15) is 19.8 Å². The molecule has 0 heterocycles. The maximum atomic E-state index is 12.5. The Kier molecular flexibility index (Phi) is 66.9. The summed E-state index contributed by atoms with van der Waals surface area (Å²) in [6.45, 7) is 4.93. The first-order valence-corrected chi connectivity index (χ1v) is 36.0. The number of aliphatic hydroxyl groups excluding tert-OH is 2. The number of ether oxygens (including phenoxy) is 1. The summed E-state index contributed by atoms with van der Waals surface area (Å²) in [4.78, 5) is 24.5. The Morgan fingerprint density at radius 1 is 0.346 bits per heavy atom. The minimum atomic E-state index is -0.839. The Labute approximate surface area is 489 Å². The van der Waals surface area contributed by atoms with Gasteiger partial charge in [-0.05, 0) is 32.1 Å². The molecule has 0 aliphatic carbocycles. The van der Waals surface area contributed by atoms with Crippen molar-refractivity contribution in [2.45, 2.75) is 424 Å². The van der Waals surface area contributed by atoms with Gasteiger partial charge in [0.05, 0.1) is 25.4 Å². The van der Waals surface area contributed by atoms with Crippen molar-refractivity contribution >= 4 is 11.9 Å². The van der Waals surface area contributed by atoms with Gasteiger partial charge in [0.1, 0.15) is 0 Å². The molecule has 0 rings (SSSR count). The Bertz CT molecular complexity index is 1180.